The number of carbonyl (C=O) groups is 1. The van der Waals surface area contributed by atoms with Crippen molar-refractivity contribution >= 4 is 33.6 Å². The summed E-state index contributed by atoms with van der Waals surface area (Å²) in [6, 6.07) is 13.7. The number of oxazole rings is 1. The fourth-order valence-corrected chi connectivity index (χ4v) is 4.92. The number of aromatic nitrogens is 2. The van der Waals surface area contributed by atoms with E-state index in [9.17, 15) is 9.59 Å². The Morgan fingerprint density at radius 1 is 1.21 bits per heavy atom. The number of methoxy groups -OCH3 is 1. The second-order valence-corrected chi connectivity index (χ2v) is 8.83. The van der Waals surface area contributed by atoms with Gasteiger partial charge in [-0.25, -0.2) is 4.98 Å². The van der Waals surface area contributed by atoms with Crippen molar-refractivity contribution in [2.24, 2.45) is 12.8 Å². The molecule has 8 heteroatoms. The molecule has 0 saturated carbocycles. The van der Waals surface area contributed by atoms with E-state index in [1.54, 1.807) is 14.2 Å². The Morgan fingerprint density at radius 2 is 1.97 bits per heavy atom. The molecule has 176 valence electrons. The maximum Gasteiger partial charge on any atom is 0.265 e. The molecule has 5 rings (SSSR count). The van der Waals surface area contributed by atoms with Gasteiger partial charge < -0.3 is 24.4 Å². The van der Waals surface area contributed by atoms with Crippen molar-refractivity contribution in [1.29, 1.82) is 0 Å². The molecular weight excluding hydrogens is 432 g/mol. The average molecular weight is 461 g/mol. The lowest BCUT2D eigenvalue weighted by Crippen LogP contribution is -2.38. The van der Waals surface area contributed by atoms with Crippen LogP contribution in [0.5, 0.6) is 0 Å². The molecule has 4 aromatic rings. The van der Waals surface area contributed by atoms with E-state index in [1.165, 1.54) is 4.57 Å². The van der Waals surface area contributed by atoms with E-state index in [-0.39, 0.29) is 17.0 Å². The fraction of sp³-hybridized carbons (Fsp3) is 0.346. The van der Waals surface area contributed by atoms with Crippen LogP contribution in [-0.2, 0) is 18.2 Å². The predicted molar refractivity (Wildman–Crippen MR) is 131 cm³/mol. The maximum absolute atomic E-state index is 13.0. The van der Waals surface area contributed by atoms with E-state index < -0.39 is 5.91 Å². The summed E-state index contributed by atoms with van der Waals surface area (Å²) in [5.41, 5.74) is 9.56. The molecular formula is C26H28N4O4. The Kier molecular flexibility index (Phi) is 5.83. The average Bonchev–Trinajstić information content (AvgIpc) is 3.28. The molecule has 1 aliphatic rings. The van der Waals surface area contributed by atoms with Gasteiger partial charge in [0.2, 0.25) is 0 Å². The van der Waals surface area contributed by atoms with Gasteiger partial charge in [-0.15, -0.1) is 0 Å². The molecule has 0 atom stereocenters. The fourth-order valence-electron chi connectivity index (χ4n) is 4.92. The van der Waals surface area contributed by atoms with Crippen molar-refractivity contribution in [2.75, 3.05) is 31.7 Å². The molecule has 0 aliphatic carbocycles. The number of benzene rings is 2. The number of hydrogen-bond donors (Lipinski definition) is 1. The van der Waals surface area contributed by atoms with Crippen LogP contribution in [0, 0.1) is 0 Å². The smallest absolute Gasteiger partial charge is 0.265 e. The summed E-state index contributed by atoms with van der Waals surface area (Å²) in [7, 11) is 3.36. The highest BCUT2D eigenvalue weighted by Crippen LogP contribution is 2.35. The number of primary amides is 1. The lowest BCUT2D eigenvalue weighted by atomic mass is 9.95. The van der Waals surface area contributed by atoms with Gasteiger partial charge in [-0.1, -0.05) is 24.3 Å². The number of para-hydroxylation sites is 1. The van der Waals surface area contributed by atoms with Gasteiger partial charge in [0.25, 0.3) is 11.5 Å². The number of nitrogens with zero attached hydrogens (tertiary/aromatic N) is 3. The number of carbonyl (C=O) groups excluding carboxylic acids is 1. The Balaban J connectivity index is 1.43. The van der Waals surface area contributed by atoms with Crippen molar-refractivity contribution < 1.29 is 13.9 Å². The highest BCUT2D eigenvalue weighted by Gasteiger charge is 2.29. The molecule has 0 bridgehead atoms. The van der Waals surface area contributed by atoms with Gasteiger partial charge in [-0.05, 0) is 43.0 Å². The maximum atomic E-state index is 13.0. The third kappa shape index (κ3) is 3.84. The zero-order chi connectivity index (χ0) is 23.8. The van der Waals surface area contributed by atoms with E-state index in [0.29, 0.717) is 25.4 Å². The topological polar surface area (TPSA) is 104 Å². The van der Waals surface area contributed by atoms with Gasteiger partial charge in [-0.3, -0.25) is 9.59 Å². The summed E-state index contributed by atoms with van der Waals surface area (Å²) >= 11 is 0. The Morgan fingerprint density at radius 3 is 2.71 bits per heavy atom. The van der Waals surface area contributed by atoms with Crippen LogP contribution in [0.15, 0.2) is 51.7 Å². The molecule has 2 aromatic heterocycles. The number of fused-ring (bicyclic) bond motifs is 2. The van der Waals surface area contributed by atoms with Crippen LogP contribution in [0.1, 0.15) is 40.6 Å². The lowest BCUT2D eigenvalue weighted by molar-refractivity contribution is 0.0999. The molecule has 1 amide bonds. The van der Waals surface area contributed by atoms with Crippen LogP contribution in [0.25, 0.3) is 22.0 Å². The molecule has 2 N–H and O–H groups in total. The number of nitrogens with two attached hydrogens (primary N) is 1. The Bertz CT molecular complexity index is 1430. The van der Waals surface area contributed by atoms with E-state index in [2.05, 4.69) is 11.0 Å². The minimum absolute atomic E-state index is 0.0464. The van der Waals surface area contributed by atoms with Crippen LogP contribution in [0.2, 0.25) is 0 Å². The zero-order valence-electron chi connectivity index (χ0n) is 19.4. The first-order valence-corrected chi connectivity index (χ1v) is 11.5. The molecule has 1 fully saturated rings. The summed E-state index contributed by atoms with van der Waals surface area (Å²) < 4.78 is 12.8. The predicted octanol–water partition coefficient (Wildman–Crippen LogP) is 3.35. The number of piperidine rings is 1. The number of anilines is 1. The van der Waals surface area contributed by atoms with Gasteiger partial charge in [-0.2, -0.15) is 0 Å². The molecule has 1 aliphatic heterocycles. The van der Waals surface area contributed by atoms with Crippen molar-refractivity contribution in [1.82, 2.24) is 9.55 Å². The molecule has 0 spiro atoms. The van der Waals surface area contributed by atoms with Crippen LogP contribution < -0.4 is 16.2 Å². The number of aryl methyl sites for hydroxylation is 1. The van der Waals surface area contributed by atoms with E-state index in [4.69, 9.17) is 19.9 Å². The summed E-state index contributed by atoms with van der Waals surface area (Å²) in [6.07, 6.45) is 2.42. The minimum atomic E-state index is -0.702. The first-order chi connectivity index (χ1) is 16.5. The standard InChI is InChI=1S/C26H28N4O4/c1-29-20-6-4-3-5-18(20)23(22(24(27)31)26(29)32)30-12-9-17(10-13-30)25-28-19-8-7-16(11-14-33-2)15-21(19)34-25/h3-8,15,17H,9-14H2,1-2H3,(H2,27,31). The number of ether oxygens (including phenoxy) is 1. The van der Waals surface area contributed by atoms with Crippen molar-refractivity contribution in [3.8, 4) is 0 Å². The molecule has 2 aromatic carbocycles. The highest BCUT2D eigenvalue weighted by atomic mass is 16.5. The van der Waals surface area contributed by atoms with Gasteiger partial charge in [0, 0.05) is 38.6 Å². The second kappa shape index (κ2) is 8.95. The van der Waals surface area contributed by atoms with Crippen molar-refractivity contribution in [2.45, 2.75) is 25.2 Å². The number of hydrogen-bond acceptors (Lipinski definition) is 6. The van der Waals surface area contributed by atoms with Crippen LogP contribution in [0.3, 0.4) is 0 Å². The summed E-state index contributed by atoms with van der Waals surface area (Å²) in [6.45, 7) is 2.00. The molecule has 0 unspecified atom stereocenters. The number of rotatable bonds is 6. The SMILES string of the molecule is COCCc1ccc2nc(C3CCN(c4c(C(N)=O)c(=O)n(C)c5ccccc45)CC3)oc2c1. The van der Waals surface area contributed by atoms with E-state index in [1.807, 2.05) is 36.4 Å². The molecule has 1 saturated heterocycles. The molecule has 3 heterocycles. The molecule has 8 nitrogen and oxygen atoms in total. The zero-order valence-corrected chi connectivity index (χ0v) is 19.4. The minimum Gasteiger partial charge on any atom is -0.440 e. The summed E-state index contributed by atoms with van der Waals surface area (Å²) in [5.74, 6) is 0.204. The van der Waals surface area contributed by atoms with Crippen LogP contribution in [0.4, 0.5) is 5.69 Å². The quantitative estimate of drug-likeness (QED) is 0.473. The Hall–Kier alpha value is -3.65. The molecule has 34 heavy (non-hydrogen) atoms. The summed E-state index contributed by atoms with van der Waals surface area (Å²) in [4.78, 5) is 32.1. The van der Waals surface area contributed by atoms with E-state index >= 15 is 0 Å². The van der Waals surface area contributed by atoms with Gasteiger partial charge in [0.1, 0.15) is 11.1 Å². The first kappa shape index (κ1) is 22.2. The normalized spacial score (nSPS) is 14.8. The Labute approximate surface area is 196 Å². The third-order valence-corrected chi connectivity index (χ3v) is 6.75. The van der Waals surface area contributed by atoms with E-state index in [0.717, 1.165) is 52.7 Å². The third-order valence-electron chi connectivity index (χ3n) is 6.75. The number of amides is 1. The van der Waals surface area contributed by atoms with Gasteiger partial charge in [0.05, 0.1) is 17.8 Å². The van der Waals surface area contributed by atoms with Crippen LogP contribution >= 0.6 is 0 Å². The summed E-state index contributed by atoms with van der Waals surface area (Å²) in [5, 5.41) is 0.849. The van der Waals surface area contributed by atoms with Gasteiger partial charge in [0.15, 0.2) is 11.5 Å². The van der Waals surface area contributed by atoms with Crippen molar-refractivity contribution in [3.63, 3.8) is 0 Å². The lowest BCUT2D eigenvalue weighted by Gasteiger charge is -2.34. The number of pyridine rings is 1. The second-order valence-electron chi connectivity index (χ2n) is 8.83. The largest absolute Gasteiger partial charge is 0.440 e. The highest BCUT2D eigenvalue weighted by molar-refractivity contribution is 6.06. The first-order valence-electron chi connectivity index (χ1n) is 11.5. The van der Waals surface area contributed by atoms with Gasteiger partial charge >= 0.3 is 0 Å². The monoisotopic (exact) mass is 460 g/mol. The van der Waals surface area contributed by atoms with Crippen LogP contribution in [-0.4, -0.2) is 42.3 Å². The van der Waals surface area contributed by atoms with Crippen molar-refractivity contribution in [3.05, 3.63) is 69.8 Å². The molecule has 0 radical (unpaired) electrons.